The fraction of sp³-hybridized carbons (Fsp3) is 0.238. The Labute approximate surface area is 143 Å². The van der Waals surface area contributed by atoms with Crippen molar-refractivity contribution in [3.05, 3.63) is 81.5 Å². The molecule has 0 spiro atoms. The molecule has 118 valence electrons. The van der Waals surface area contributed by atoms with Gasteiger partial charge in [0.05, 0.1) is 0 Å². The lowest BCUT2D eigenvalue weighted by Crippen LogP contribution is -2.17. The first-order valence-corrected chi connectivity index (χ1v) is 8.88. The van der Waals surface area contributed by atoms with E-state index < -0.39 is 0 Å². The average molecular weight is 321 g/mol. The van der Waals surface area contributed by atoms with Crippen molar-refractivity contribution in [2.75, 3.05) is 7.05 Å². The number of rotatable bonds is 5. The monoisotopic (exact) mass is 321 g/mol. The molecule has 1 nitrogen and oxygen atoms in total. The van der Waals surface area contributed by atoms with E-state index in [0.29, 0.717) is 0 Å². The van der Waals surface area contributed by atoms with Gasteiger partial charge in [0.25, 0.3) is 0 Å². The lowest BCUT2D eigenvalue weighted by Gasteiger charge is -2.17. The summed E-state index contributed by atoms with van der Waals surface area (Å²) in [6, 6.07) is 19.5. The summed E-state index contributed by atoms with van der Waals surface area (Å²) in [4.78, 5) is 3.78. The third-order valence-electron chi connectivity index (χ3n) is 4.13. The minimum atomic E-state index is 0.975. The van der Waals surface area contributed by atoms with E-state index >= 15 is 0 Å². The van der Waals surface area contributed by atoms with Crippen LogP contribution in [0.4, 0.5) is 0 Å². The lowest BCUT2D eigenvalue weighted by molar-refractivity contribution is 0.320. The Hall–Kier alpha value is -1.90. The van der Waals surface area contributed by atoms with Crippen LogP contribution < -0.4 is 0 Å². The molecule has 0 amide bonds. The molecule has 0 aliphatic rings. The second-order valence-corrected chi connectivity index (χ2v) is 7.30. The van der Waals surface area contributed by atoms with Gasteiger partial charge in [0.2, 0.25) is 0 Å². The molecule has 1 aromatic heterocycles. The highest BCUT2D eigenvalue weighted by molar-refractivity contribution is 7.10. The van der Waals surface area contributed by atoms with Crippen molar-refractivity contribution in [3.8, 4) is 11.1 Å². The van der Waals surface area contributed by atoms with Gasteiger partial charge in [-0.05, 0) is 48.5 Å². The van der Waals surface area contributed by atoms with Gasteiger partial charge in [0.1, 0.15) is 0 Å². The van der Waals surface area contributed by atoms with Gasteiger partial charge in [-0.15, -0.1) is 11.3 Å². The number of hydrogen-bond acceptors (Lipinski definition) is 2. The molecular weight excluding hydrogens is 298 g/mol. The summed E-state index contributed by atoms with van der Waals surface area (Å²) < 4.78 is 0. The maximum absolute atomic E-state index is 2.38. The zero-order chi connectivity index (χ0) is 16.2. The third kappa shape index (κ3) is 3.90. The summed E-state index contributed by atoms with van der Waals surface area (Å²) in [6.07, 6.45) is 0. The summed E-state index contributed by atoms with van der Waals surface area (Å²) in [6.45, 7) is 6.31. The van der Waals surface area contributed by atoms with Crippen molar-refractivity contribution in [2.24, 2.45) is 0 Å². The molecule has 0 bridgehead atoms. The topological polar surface area (TPSA) is 3.24 Å². The minimum absolute atomic E-state index is 0.975. The Bertz CT molecular complexity index is 756. The average Bonchev–Trinajstić information content (AvgIpc) is 2.90. The van der Waals surface area contributed by atoms with E-state index in [4.69, 9.17) is 0 Å². The highest BCUT2D eigenvalue weighted by Crippen LogP contribution is 2.33. The number of hydrogen-bond donors (Lipinski definition) is 0. The van der Waals surface area contributed by atoms with Crippen LogP contribution in [0.1, 0.15) is 21.6 Å². The van der Waals surface area contributed by atoms with E-state index in [9.17, 15) is 0 Å². The summed E-state index contributed by atoms with van der Waals surface area (Å²) in [5.74, 6) is 0. The largest absolute Gasteiger partial charge is 0.298 e. The molecule has 2 heteroatoms. The van der Waals surface area contributed by atoms with E-state index in [-0.39, 0.29) is 0 Å². The predicted octanol–water partition coefficient (Wildman–Crippen LogP) is 5.66. The molecule has 0 aliphatic carbocycles. The van der Waals surface area contributed by atoms with Crippen LogP contribution in [0.15, 0.2) is 60.0 Å². The van der Waals surface area contributed by atoms with Crippen molar-refractivity contribution >= 4 is 11.3 Å². The molecule has 0 radical (unpaired) electrons. The first kappa shape index (κ1) is 16.0. The Kier molecular flexibility index (Phi) is 4.94. The second kappa shape index (κ2) is 7.12. The number of aryl methyl sites for hydroxylation is 2. The molecule has 0 atom stereocenters. The quantitative estimate of drug-likeness (QED) is 0.586. The van der Waals surface area contributed by atoms with Gasteiger partial charge < -0.3 is 0 Å². The van der Waals surface area contributed by atoms with Gasteiger partial charge in [0, 0.05) is 18.0 Å². The summed E-state index contributed by atoms with van der Waals surface area (Å²) >= 11 is 1.85. The fourth-order valence-electron chi connectivity index (χ4n) is 2.97. The van der Waals surface area contributed by atoms with Gasteiger partial charge in [-0.3, -0.25) is 4.90 Å². The molecule has 0 saturated heterocycles. The molecule has 3 rings (SSSR count). The van der Waals surface area contributed by atoms with Crippen LogP contribution in [-0.4, -0.2) is 11.9 Å². The highest BCUT2D eigenvalue weighted by Gasteiger charge is 2.12. The molecule has 3 aromatic rings. The lowest BCUT2D eigenvalue weighted by atomic mass is 10.0. The maximum Gasteiger partial charge on any atom is 0.0248 e. The summed E-state index contributed by atoms with van der Waals surface area (Å²) in [5, 5.41) is 2.31. The maximum atomic E-state index is 2.38. The first-order valence-electron chi connectivity index (χ1n) is 8.00. The molecule has 23 heavy (non-hydrogen) atoms. The Balaban J connectivity index is 1.80. The Morgan fingerprint density at radius 2 is 1.57 bits per heavy atom. The zero-order valence-corrected chi connectivity index (χ0v) is 14.9. The van der Waals surface area contributed by atoms with Crippen LogP contribution in [0.3, 0.4) is 0 Å². The normalized spacial score (nSPS) is 11.1. The second-order valence-electron chi connectivity index (χ2n) is 6.22. The van der Waals surface area contributed by atoms with Crippen molar-refractivity contribution in [3.63, 3.8) is 0 Å². The van der Waals surface area contributed by atoms with Crippen molar-refractivity contribution < 1.29 is 0 Å². The molecule has 0 N–H and O–H groups in total. The molecule has 0 fully saturated rings. The molecular formula is C21H23NS. The van der Waals surface area contributed by atoms with E-state index in [1.807, 2.05) is 11.3 Å². The van der Waals surface area contributed by atoms with E-state index in [1.165, 1.54) is 32.7 Å². The third-order valence-corrected chi connectivity index (χ3v) is 5.09. The van der Waals surface area contributed by atoms with Crippen LogP contribution in [0, 0.1) is 13.8 Å². The molecule has 0 saturated carbocycles. The number of benzene rings is 2. The fourth-order valence-corrected chi connectivity index (χ4v) is 3.85. The van der Waals surface area contributed by atoms with Gasteiger partial charge in [-0.1, -0.05) is 60.2 Å². The Morgan fingerprint density at radius 3 is 2.26 bits per heavy atom. The number of thiophene rings is 1. The smallest absolute Gasteiger partial charge is 0.0248 e. The minimum Gasteiger partial charge on any atom is -0.298 e. The van der Waals surface area contributed by atoms with Crippen molar-refractivity contribution in [1.82, 2.24) is 4.90 Å². The van der Waals surface area contributed by atoms with Crippen LogP contribution in [0.5, 0.6) is 0 Å². The molecule has 2 aromatic carbocycles. The molecule has 0 unspecified atom stereocenters. The van der Waals surface area contributed by atoms with E-state index in [1.54, 1.807) is 0 Å². The van der Waals surface area contributed by atoms with E-state index in [2.05, 4.69) is 85.8 Å². The summed E-state index contributed by atoms with van der Waals surface area (Å²) in [7, 11) is 2.19. The van der Waals surface area contributed by atoms with Gasteiger partial charge in [0.15, 0.2) is 0 Å². The van der Waals surface area contributed by atoms with Crippen LogP contribution in [-0.2, 0) is 13.1 Å². The SMILES string of the molecule is Cc1ccc(-c2c(CN(C)Cc3ccccc3)csc2C)cc1. The van der Waals surface area contributed by atoms with Crippen LogP contribution >= 0.6 is 11.3 Å². The van der Waals surface area contributed by atoms with Gasteiger partial charge >= 0.3 is 0 Å². The first-order chi connectivity index (χ1) is 11.1. The molecule has 1 heterocycles. The van der Waals surface area contributed by atoms with Crippen molar-refractivity contribution in [1.29, 1.82) is 0 Å². The predicted molar refractivity (Wildman–Crippen MR) is 101 cm³/mol. The standard InChI is InChI=1S/C21H23NS/c1-16-9-11-19(12-10-16)21-17(2)23-15-20(21)14-22(3)13-18-7-5-4-6-8-18/h4-12,15H,13-14H2,1-3H3. The zero-order valence-electron chi connectivity index (χ0n) is 14.0. The molecule has 0 aliphatic heterocycles. The van der Waals surface area contributed by atoms with Gasteiger partial charge in [-0.2, -0.15) is 0 Å². The van der Waals surface area contributed by atoms with Crippen LogP contribution in [0.2, 0.25) is 0 Å². The highest BCUT2D eigenvalue weighted by atomic mass is 32.1. The van der Waals surface area contributed by atoms with Crippen LogP contribution in [0.25, 0.3) is 11.1 Å². The van der Waals surface area contributed by atoms with Crippen molar-refractivity contribution in [2.45, 2.75) is 26.9 Å². The van der Waals surface area contributed by atoms with E-state index in [0.717, 1.165) is 13.1 Å². The van der Waals surface area contributed by atoms with Gasteiger partial charge in [-0.25, -0.2) is 0 Å². The number of nitrogens with zero attached hydrogens (tertiary/aromatic N) is 1. The Morgan fingerprint density at radius 1 is 0.870 bits per heavy atom. The summed E-state index contributed by atoms with van der Waals surface area (Å²) in [5.41, 5.74) is 6.84.